The molecule has 3 saturated carbocycles. The molecule has 5 unspecified atom stereocenters. The van der Waals surface area contributed by atoms with E-state index in [0.29, 0.717) is 0 Å². The molecule has 1 amide bonds. The van der Waals surface area contributed by atoms with Gasteiger partial charge in [-0.15, -0.1) is 0 Å². The highest BCUT2D eigenvalue weighted by atomic mass is 16.8. The quantitative estimate of drug-likeness (QED) is 0.212. The van der Waals surface area contributed by atoms with Gasteiger partial charge in [0, 0.05) is 30.1 Å². The van der Waals surface area contributed by atoms with Gasteiger partial charge < -0.3 is 48.7 Å². The largest absolute Gasteiger partial charge is 0.508 e. The minimum Gasteiger partial charge on any atom is -0.456 e. The number of cyclic esters (lactones) is 1. The van der Waals surface area contributed by atoms with Crippen LogP contribution < -0.4 is 5.32 Å². The number of Topliss-reactive ketones (excluding diaryl/α,β-unsaturated/α-hetero) is 2. The Morgan fingerprint density at radius 3 is 2.14 bits per heavy atom. The molecule has 3 N–H and O–H groups in total. The van der Waals surface area contributed by atoms with Gasteiger partial charge in [0.15, 0.2) is 5.60 Å². The van der Waals surface area contributed by atoms with Gasteiger partial charge in [0.05, 0.1) is 48.2 Å². The van der Waals surface area contributed by atoms with E-state index in [1.807, 2.05) is 0 Å². The second-order valence-corrected chi connectivity index (χ2v) is 19.2. The van der Waals surface area contributed by atoms with Gasteiger partial charge in [0.2, 0.25) is 17.7 Å². The maximum absolute atomic E-state index is 15.0. The number of methoxy groups -OCH3 is 1. The molecule has 324 valence electrons. The molecular formula is C42H55NO16. The van der Waals surface area contributed by atoms with Gasteiger partial charge in [0.1, 0.15) is 29.0 Å². The van der Waals surface area contributed by atoms with Crippen molar-refractivity contribution < 1.29 is 76.9 Å². The van der Waals surface area contributed by atoms with Gasteiger partial charge in [-0.25, -0.2) is 19.2 Å². The average Bonchev–Trinajstić information content (AvgIpc) is 3.36. The molecule has 0 radical (unpaired) electrons. The number of carbonyl (C=O) groups is 7. The molecule has 2 saturated heterocycles. The van der Waals surface area contributed by atoms with E-state index in [4.69, 9.17) is 33.2 Å². The van der Waals surface area contributed by atoms with E-state index in [-0.39, 0.29) is 12.0 Å². The third kappa shape index (κ3) is 6.67. The highest BCUT2D eigenvalue weighted by Crippen LogP contribution is 2.66. The number of fused-ring (bicyclic) bond motifs is 5. The van der Waals surface area contributed by atoms with Crippen LogP contribution in [-0.2, 0) is 52.3 Å². The first-order chi connectivity index (χ1) is 27.1. The number of aliphatic hydroxyl groups is 2. The third-order valence-corrected chi connectivity index (χ3v) is 13.9. The van der Waals surface area contributed by atoms with Crippen LogP contribution in [0.15, 0.2) is 30.3 Å². The Labute approximate surface area is 342 Å². The highest BCUT2D eigenvalue weighted by molar-refractivity contribution is 6.40. The normalized spacial score (nSPS) is 39.4. The molecule has 17 heteroatoms. The Morgan fingerprint density at radius 1 is 0.949 bits per heavy atom. The number of carbonyl (C=O) groups excluding carboxylic acids is 7. The van der Waals surface area contributed by atoms with Crippen LogP contribution in [0.2, 0.25) is 0 Å². The van der Waals surface area contributed by atoms with Crippen molar-refractivity contribution in [3.8, 4) is 0 Å². The number of amides is 1. The summed E-state index contributed by atoms with van der Waals surface area (Å²) in [4.78, 5) is 97.7. The molecule has 59 heavy (non-hydrogen) atoms. The van der Waals surface area contributed by atoms with E-state index in [1.54, 1.807) is 45.9 Å². The minimum atomic E-state index is -2.44. The number of rotatable bonds is 6. The van der Waals surface area contributed by atoms with Crippen LogP contribution >= 0.6 is 0 Å². The zero-order chi connectivity index (χ0) is 44.1. The maximum atomic E-state index is 15.0. The molecule has 1 aromatic carbocycles. The van der Waals surface area contributed by atoms with E-state index >= 15 is 4.79 Å². The lowest BCUT2D eigenvalue weighted by Gasteiger charge is -2.68. The first-order valence-electron chi connectivity index (χ1n) is 19.7. The highest BCUT2D eigenvalue weighted by Gasteiger charge is 2.80. The van der Waals surface area contributed by atoms with Gasteiger partial charge in [-0.1, -0.05) is 39.0 Å². The van der Waals surface area contributed by atoms with E-state index < -0.39 is 142 Å². The van der Waals surface area contributed by atoms with E-state index in [0.717, 1.165) is 7.11 Å². The minimum absolute atomic E-state index is 0.0462. The summed E-state index contributed by atoms with van der Waals surface area (Å²) >= 11 is 0. The number of ether oxygens (including phenoxy) is 7. The topological polar surface area (TPSA) is 237 Å². The average molecular weight is 830 g/mol. The second-order valence-electron chi connectivity index (χ2n) is 19.2. The molecule has 2 aliphatic heterocycles. The van der Waals surface area contributed by atoms with Gasteiger partial charge in [-0.05, 0) is 60.6 Å². The van der Waals surface area contributed by atoms with Crippen molar-refractivity contribution in [3.63, 3.8) is 0 Å². The lowest BCUT2D eigenvalue weighted by Crippen LogP contribution is -2.83. The van der Waals surface area contributed by atoms with Crippen molar-refractivity contribution in [2.75, 3.05) is 13.7 Å². The molecule has 1 aromatic rings. The smallest absolute Gasteiger partial charge is 0.456 e. The number of ketones is 2. The summed E-state index contributed by atoms with van der Waals surface area (Å²) in [7, 11) is 1.06. The van der Waals surface area contributed by atoms with Crippen LogP contribution in [0, 0.1) is 34.0 Å². The summed E-state index contributed by atoms with van der Waals surface area (Å²) < 4.78 is 40.1. The Balaban J connectivity index is 1.51. The summed E-state index contributed by atoms with van der Waals surface area (Å²) in [5, 5.41) is 28.0. The Hall–Kier alpha value is -4.61. The van der Waals surface area contributed by atoms with Gasteiger partial charge >= 0.3 is 30.2 Å². The van der Waals surface area contributed by atoms with Crippen molar-refractivity contribution in [3.05, 3.63) is 35.9 Å². The molecule has 2 bridgehead atoms. The van der Waals surface area contributed by atoms with Crippen molar-refractivity contribution in [2.45, 2.75) is 135 Å². The van der Waals surface area contributed by atoms with Crippen LogP contribution in [0.25, 0.3) is 0 Å². The molecule has 12 atom stereocenters. The van der Waals surface area contributed by atoms with E-state index in [1.165, 1.54) is 53.7 Å². The van der Waals surface area contributed by atoms with Gasteiger partial charge in [0.25, 0.3) is 0 Å². The van der Waals surface area contributed by atoms with Crippen LogP contribution in [-0.4, -0.2) is 119 Å². The van der Waals surface area contributed by atoms with Crippen molar-refractivity contribution in [1.29, 1.82) is 0 Å². The summed E-state index contributed by atoms with van der Waals surface area (Å²) in [5.41, 5.74) is -12.4. The number of hydrogen-bond acceptors (Lipinski definition) is 16. The van der Waals surface area contributed by atoms with Crippen LogP contribution in [0.3, 0.4) is 0 Å². The first kappa shape index (κ1) is 44.0. The molecular weight excluding hydrogens is 774 g/mol. The van der Waals surface area contributed by atoms with E-state index in [2.05, 4.69) is 5.32 Å². The molecule has 0 spiro atoms. The standard InChI is InChI=1S/C42H55NO16/c1-20-24-25(45)29(46)40(10)22(44)17-23-41(19-54-23,59-35(51)53-11)27(40)30(56-31(47)21-15-13-12-14-16-21)42(52,38(24,7)8)18-39(20,9)57-32(48)26-28(37(5,6)33(49)55-26)43-34(50)58-36(2,3)4/h12-16,20,22-24,26-28,30,44,52H,17-19H2,1-11H3,(H,43,50)/t20?,22?,23-,24?,26?,27?,28-,30+,39-,40-,41+,42-/m1/s1. The molecule has 3 aliphatic carbocycles. The predicted molar refractivity (Wildman–Crippen MR) is 201 cm³/mol. The lowest BCUT2D eigenvalue weighted by molar-refractivity contribution is -0.351. The molecule has 0 aromatic heterocycles. The fourth-order valence-electron chi connectivity index (χ4n) is 10.2. The zero-order valence-corrected chi connectivity index (χ0v) is 35.2. The number of benzene rings is 1. The monoisotopic (exact) mass is 829 g/mol. The van der Waals surface area contributed by atoms with Gasteiger partial charge in [-0.3, -0.25) is 14.4 Å². The maximum Gasteiger partial charge on any atom is 0.508 e. The fourth-order valence-corrected chi connectivity index (χ4v) is 10.2. The van der Waals surface area contributed by atoms with Crippen LogP contribution in [0.5, 0.6) is 0 Å². The number of nitrogens with one attached hydrogen (secondary N) is 1. The summed E-state index contributed by atoms with van der Waals surface area (Å²) in [5.74, 6) is -9.23. The SMILES string of the molecule is COC(=O)O[C@@]12CO[C@@H]1CC(O)[C@@]1(C)C(=O)C(=O)C3C(C)[C@](C)(OC(=O)C4OC(=O)C(C)(C)[C@@H]4NC(=O)OC(C)(C)C)C[C@@](O)([C@@H](OC(=O)c4ccccc4)C12)C3(C)C. The third-order valence-electron chi connectivity index (χ3n) is 13.9. The second kappa shape index (κ2) is 14.3. The summed E-state index contributed by atoms with van der Waals surface area (Å²) in [6.07, 6.45) is -9.30. The molecule has 2 heterocycles. The number of esters is 3. The number of aliphatic hydroxyl groups excluding tert-OH is 1. The first-order valence-corrected chi connectivity index (χ1v) is 19.7. The Kier molecular flexibility index (Phi) is 10.6. The van der Waals surface area contributed by atoms with Crippen molar-refractivity contribution in [2.24, 2.45) is 34.0 Å². The molecule has 5 fully saturated rings. The van der Waals surface area contributed by atoms with Crippen LogP contribution in [0.4, 0.5) is 9.59 Å². The van der Waals surface area contributed by atoms with E-state index in [9.17, 15) is 39.0 Å². The molecule has 5 aliphatic rings. The molecule has 17 nitrogen and oxygen atoms in total. The predicted octanol–water partition coefficient (Wildman–Crippen LogP) is 3.23. The van der Waals surface area contributed by atoms with Crippen molar-refractivity contribution in [1.82, 2.24) is 5.32 Å². The van der Waals surface area contributed by atoms with Crippen LogP contribution in [0.1, 0.15) is 92.4 Å². The summed E-state index contributed by atoms with van der Waals surface area (Å²) in [6.45, 7) is 14.8. The Morgan fingerprint density at radius 2 is 1.58 bits per heavy atom. The summed E-state index contributed by atoms with van der Waals surface area (Å²) in [6, 6.07) is 6.45. The number of hydrogen-bond donors (Lipinski definition) is 3. The number of alkyl carbamates (subject to hydrolysis) is 1. The zero-order valence-electron chi connectivity index (χ0n) is 35.2. The van der Waals surface area contributed by atoms with Gasteiger partial charge in [-0.2, -0.15) is 0 Å². The molecule has 6 rings (SSSR count). The van der Waals surface area contributed by atoms with Crippen molar-refractivity contribution >= 4 is 41.7 Å². The lowest BCUT2D eigenvalue weighted by atomic mass is 9.41. The fraction of sp³-hybridized carbons (Fsp3) is 0.690. The Bertz CT molecular complexity index is 1940.